The highest BCUT2D eigenvalue weighted by molar-refractivity contribution is 7.51. The van der Waals surface area contributed by atoms with E-state index in [0.29, 0.717) is 0 Å². The lowest BCUT2D eigenvalue weighted by Gasteiger charge is -2.20. The summed E-state index contributed by atoms with van der Waals surface area (Å²) in [6.07, 6.45) is -3.09. The zero-order chi connectivity index (χ0) is 11.6. The fourth-order valence-corrected chi connectivity index (χ4v) is 2.25. The first-order chi connectivity index (χ1) is 6.85. The SMILES string of the molecule is B[C@@H]1O[C@H](COC)C(OP(C)(=O)O)C1F. The highest BCUT2D eigenvalue weighted by Crippen LogP contribution is 2.42. The van der Waals surface area contributed by atoms with Crippen molar-refractivity contribution >= 4 is 15.4 Å². The molecule has 1 rings (SSSR count). The first kappa shape index (κ1) is 13.1. The van der Waals surface area contributed by atoms with E-state index in [0.717, 1.165) is 6.66 Å². The molecule has 1 aliphatic rings. The Labute approximate surface area is 88.8 Å². The normalized spacial score (nSPS) is 40.3. The van der Waals surface area contributed by atoms with Gasteiger partial charge in [0.1, 0.15) is 26.2 Å². The summed E-state index contributed by atoms with van der Waals surface area (Å²) in [6.45, 7) is 1.15. The van der Waals surface area contributed by atoms with Crippen LogP contribution in [0.1, 0.15) is 0 Å². The topological polar surface area (TPSA) is 65.0 Å². The Morgan fingerprint density at radius 3 is 2.73 bits per heavy atom. The molecule has 8 heteroatoms. The molecule has 0 spiro atoms. The van der Waals surface area contributed by atoms with E-state index in [-0.39, 0.29) is 6.61 Å². The number of alkyl halides is 1. The molecule has 15 heavy (non-hydrogen) atoms. The van der Waals surface area contributed by atoms with E-state index in [4.69, 9.17) is 18.9 Å². The Hall–Kier alpha value is 0.0649. The van der Waals surface area contributed by atoms with Gasteiger partial charge in [0.2, 0.25) is 0 Å². The summed E-state index contributed by atoms with van der Waals surface area (Å²) in [5.41, 5.74) is 0. The molecule has 0 radical (unpaired) electrons. The average Bonchev–Trinajstić information content (AvgIpc) is 2.32. The maximum absolute atomic E-state index is 13.5. The maximum Gasteiger partial charge on any atom is 0.325 e. The molecule has 0 bridgehead atoms. The Morgan fingerprint density at radius 2 is 2.27 bits per heavy atom. The lowest BCUT2D eigenvalue weighted by atomic mass is 9.94. The van der Waals surface area contributed by atoms with Crippen molar-refractivity contribution in [1.29, 1.82) is 0 Å². The Kier molecular flexibility index (Phi) is 4.32. The van der Waals surface area contributed by atoms with E-state index < -0.39 is 32.0 Å². The highest BCUT2D eigenvalue weighted by Gasteiger charge is 2.45. The van der Waals surface area contributed by atoms with Crippen LogP contribution in [0.25, 0.3) is 0 Å². The minimum absolute atomic E-state index is 0.134. The van der Waals surface area contributed by atoms with Crippen LogP contribution in [0, 0.1) is 0 Å². The summed E-state index contributed by atoms with van der Waals surface area (Å²) < 4.78 is 39.4. The van der Waals surface area contributed by atoms with Crippen LogP contribution in [0.3, 0.4) is 0 Å². The first-order valence-electron chi connectivity index (χ1n) is 4.62. The highest BCUT2D eigenvalue weighted by atomic mass is 31.2. The van der Waals surface area contributed by atoms with Crippen LogP contribution < -0.4 is 0 Å². The van der Waals surface area contributed by atoms with Gasteiger partial charge in [-0.25, -0.2) is 4.39 Å². The number of ether oxygens (including phenoxy) is 2. The molecule has 0 aliphatic carbocycles. The summed E-state index contributed by atoms with van der Waals surface area (Å²) in [5, 5.41) is 0. The molecule has 0 aromatic rings. The van der Waals surface area contributed by atoms with Crippen LogP contribution in [0.4, 0.5) is 4.39 Å². The van der Waals surface area contributed by atoms with E-state index in [9.17, 15) is 8.96 Å². The van der Waals surface area contributed by atoms with Crippen molar-refractivity contribution in [2.24, 2.45) is 0 Å². The van der Waals surface area contributed by atoms with Crippen LogP contribution in [-0.2, 0) is 18.6 Å². The van der Waals surface area contributed by atoms with Gasteiger partial charge in [-0.2, -0.15) is 0 Å². The van der Waals surface area contributed by atoms with Gasteiger partial charge in [0.25, 0.3) is 0 Å². The zero-order valence-electron chi connectivity index (χ0n) is 8.92. The lowest BCUT2D eigenvalue weighted by Crippen LogP contribution is -2.33. The number of rotatable bonds is 4. The summed E-state index contributed by atoms with van der Waals surface area (Å²) in [7, 11) is -0.720. The van der Waals surface area contributed by atoms with Crippen LogP contribution in [0.15, 0.2) is 0 Å². The minimum atomic E-state index is -3.72. The second-order valence-electron chi connectivity index (χ2n) is 3.65. The van der Waals surface area contributed by atoms with Crippen molar-refractivity contribution < 1.29 is 27.8 Å². The van der Waals surface area contributed by atoms with Gasteiger partial charge in [-0.05, 0) is 0 Å². The zero-order valence-corrected chi connectivity index (χ0v) is 9.82. The number of halogens is 1. The first-order valence-corrected chi connectivity index (χ1v) is 6.64. The fraction of sp³-hybridized carbons (Fsp3) is 1.00. The van der Waals surface area contributed by atoms with Gasteiger partial charge >= 0.3 is 7.60 Å². The molecule has 1 heterocycles. The number of hydrogen-bond acceptors (Lipinski definition) is 4. The van der Waals surface area contributed by atoms with Gasteiger partial charge in [0, 0.05) is 13.8 Å². The molecular weight excluding hydrogens is 225 g/mol. The molecule has 0 saturated carbocycles. The molecule has 1 aliphatic heterocycles. The van der Waals surface area contributed by atoms with E-state index in [1.165, 1.54) is 7.11 Å². The quantitative estimate of drug-likeness (QED) is 0.531. The lowest BCUT2D eigenvalue weighted by molar-refractivity contribution is -0.0131. The van der Waals surface area contributed by atoms with Crippen LogP contribution in [-0.4, -0.2) is 57.5 Å². The van der Waals surface area contributed by atoms with Crippen molar-refractivity contribution in [3.05, 3.63) is 0 Å². The second-order valence-corrected chi connectivity index (χ2v) is 5.47. The second kappa shape index (κ2) is 4.93. The van der Waals surface area contributed by atoms with Gasteiger partial charge in [-0.15, -0.1) is 0 Å². The third kappa shape index (κ3) is 3.54. The summed E-state index contributed by atoms with van der Waals surface area (Å²) in [5.74, 6) is 0. The van der Waals surface area contributed by atoms with Crippen molar-refractivity contribution in [2.75, 3.05) is 20.4 Å². The predicted octanol–water partition coefficient (Wildman–Crippen LogP) is -0.471. The van der Waals surface area contributed by atoms with E-state index >= 15 is 0 Å². The molecular formula is C7H15BFO5P. The van der Waals surface area contributed by atoms with Gasteiger partial charge in [-0.3, -0.25) is 9.09 Å². The van der Waals surface area contributed by atoms with Crippen molar-refractivity contribution in [2.45, 2.75) is 24.4 Å². The van der Waals surface area contributed by atoms with Crippen LogP contribution >= 0.6 is 7.60 Å². The molecule has 0 amide bonds. The molecule has 0 aromatic carbocycles. The fourth-order valence-electron chi connectivity index (χ4n) is 1.55. The maximum atomic E-state index is 13.5. The molecule has 5 atom stereocenters. The monoisotopic (exact) mass is 240 g/mol. The Bertz CT molecular complexity index is 260. The van der Waals surface area contributed by atoms with E-state index in [2.05, 4.69) is 0 Å². The average molecular weight is 240 g/mol. The Morgan fingerprint density at radius 1 is 1.67 bits per heavy atom. The van der Waals surface area contributed by atoms with Gasteiger partial charge in [0.15, 0.2) is 0 Å². The van der Waals surface area contributed by atoms with E-state index in [1.54, 1.807) is 7.85 Å². The summed E-state index contributed by atoms with van der Waals surface area (Å²) >= 11 is 0. The van der Waals surface area contributed by atoms with Crippen LogP contribution in [0.2, 0.25) is 0 Å². The molecule has 88 valence electrons. The minimum Gasteiger partial charge on any atom is -0.382 e. The standard InChI is InChI=1S/C7H15BFO5P/c1-12-3-4-6(14-15(2,10)11)5(9)7(8)13-4/h4-7H,3,8H2,1-2H3,(H,10,11)/t4-,5?,6?,7-/m1/s1. The molecule has 3 unspecified atom stereocenters. The summed E-state index contributed by atoms with van der Waals surface area (Å²) in [4.78, 5) is 9.04. The number of hydrogen-bond donors (Lipinski definition) is 1. The van der Waals surface area contributed by atoms with E-state index in [1.807, 2.05) is 0 Å². The smallest absolute Gasteiger partial charge is 0.325 e. The molecule has 1 fully saturated rings. The van der Waals surface area contributed by atoms with Crippen molar-refractivity contribution in [1.82, 2.24) is 0 Å². The largest absolute Gasteiger partial charge is 0.382 e. The molecule has 0 aromatic heterocycles. The third-order valence-corrected chi connectivity index (χ3v) is 2.80. The summed E-state index contributed by atoms with van der Waals surface area (Å²) in [6, 6.07) is -0.651. The third-order valence-electron chi connectivity index (χ3n) is 2.17. The molecule has 1 saturated heterocycles. The predicted molar refractivity (Wildman–Crippen MR) is 54.6 cm³/mol. The number of methoxy groups -OCH3 is 1. The van der Waals surface area contributed by atoms with Crippen molar-refractivity contribution in [3.63, 3.8) is 0 Å². The molecule has 1 N–H and O–H groups in total. The van der Waals surface area contributed by atoms with Gasteiger partial charge in [0.05, 0.1) is 12.6 Å². The Balaban J connectivity index is 2.68. The van der Waals surface area contributed by atoms with Gasteiger partial charge < -0.3 is 14.4 Å². The van der Waals surface area contributed by atoms with Crippen LogP contribution in [0.5, 0.6) is 0 Å². The molecule has 5 nitrogen and oxygen atoms in total. The van der Waals surface area contributed by atoms with Gasteiger partial charge in [-0.1, -0.05) is 0 Å². The van der Waals surface area contributed by atoms with Crippen molar-refractivity contribution in [3.8, 4) is 0 Å².